The highest BCUT2D eigenvalue weighted by Gasteiger charge is 2.38. The number of aliphatic hydroxyl groups is 1. The molecule has 1 atom stereocenters. The Morgan fingerprint density at radius 2 is 1.86 bits per heavy atom. The van der Waals surface area contributed by atoms with Gasteiger partial charge in [-0.1, -0.05) is 26.2 Å². The van der Waals surface area contributed by atoms with E-state index in [4.69, 9.17) is 0 Å². The molecule has 1 unspecified atom stereocenters. The molecule has 2 N–H and O–H groups in total. The minimum atomic E-state index is 0.350. The molecule has 1 saturated heterocycles. The number of rotatable bonds is 6. The summed E-state index contributed by atoms with van der Waals surface area (Å²) in [5, 5.41) is 13.5. The number of likely N-dealkylation sites (tertiary alicyclic amines) is 1. The van der Waals surface area contributed by atoms with Crippen LogP contribution in [0.2, 0.25) is 0 Å². The van der Waals surface area contributed by atoms with E-state index in [-0.39, 0.29) is 0 Å². The third-order valence-electron chi connectivity index (χ3n) is 6.18. The van der Waals surface area contributed by atoms with E-state index in [2.05, 4.69) is 17.1 Å². The lowest BCUT2D eigenvalue weighted by molar-refractivity contribution is 0.0247. The van der Waals surface area contributed by atoms with Gasteiger partial charge in [-0.2, -0.15) is 0 Å². The molecule has 0 bridgehead atoms. The van der Waals surface area contributed by atoms with Crippen LogP contribution < -0.4 is 5.32 Å². The number of aliphatic hydroxyl groups excluding tert-OH is 1. The van der Waals surface area contributed by atoms with Gasteiger partial charge in [-0.25, -0.2) is 0 Å². The molecule has 21 heavy (non-hydrogen) atoms. The van der Waals surface area contributed by atoms with Gasteiger partial charge in [-0.15, -0.1) is 0 Å². The largest absolute Gasteiger partial charge is 0.395 e. The standard InChI is InChI=1S/C18H34N2O/c1-15-7-9-18(10-8-15,13-19-16-5-6-16)14-20-11-3-2-4-17(20)12-21/h15-17,19,21H,2-14H2,1H3. The van der Waals surface area contributed by atoms with E-state index in [9.17, 15) is 5.11 Å². The van der Waals surface area contributed by atoms with Crippen molar-refractivity contribution in [1.82, 2.24) is 10.2 Å². The first-order chi connectivity index (χ1) is 10.2. The van der Waals surface area contributed by atoms with E-state index in [1.807, 2.05) is 0 Å². The van der Waals surface area contributed by atoms with Gasteiger partial charge in [0, 0.05) is 25.2 Å². The van der Waals surface area contributed by atoms with Crippen LogP contribution in [0.3, 0.4) is 0 Å². The average Bonchev–Trinajstić information content (AvgIpc) is 3.33. The van der Waals surface area contributed by atoms with Crippen molar-refractivity contribution in [2.24, 2.45) is 11.3 Å². The summed E-state index contributed by atoms with van der Waals surface area (Å²) in [5.74, 6) is 0.911. The Labute approximate surface area is 130 Å². The van der Waals surface area contributed by atoms with Crippen molar-refractivity contribution in [2.75, 3.05) is 26.2 Å². The normalized spacial score (nSPS) is 38.6. The maximum absolute atomic E-state index is 9.69. The zero-order chi connectivity index (χ0) is 14.7. The van der Waals surface area contributed by atoms with Gasteiger partial charge in [-0.05, 0) is 56.4 Å². The average molecular weight is 294 g/mol. The van der Waals surface area contributed by atoms with E-state index in [1.165, 1.54) is 77.4 Å². The first-order valence-corrected chi connectivity index (χ1v) is 9.29. The molecule has 3 fully saturated rings. The molecule has 2 aliphatic carbocycles. The molecule has 0 amide bonds. The van der Waals surface area contributed by atoms with E-state index in [0.29, 0.717) is 18.1 Å². The molecule has 0 aromatic rings. The number of piperidine rings is 1. The zero-order valence-electron chi connectivity index (χ0n) is 13.8. The van der Waals surface area contributed by atoms with Crippen LogP contribution in [0.25, 0.3) is 0 Å². The van der Waals surface area contributed by atoms with Gasteiger partial charge in [-0.3, -0.25) is 4.90 Å². The summed E-state index contributed by atoms with van der Waals surface area (Å²) < 4.78 is 0. The molecular formula is C18H34N2O. The monoisotopic (exact) mass is 294 g/mol. The Bertz CT molecular complexity index is 321. The molecule has 1 heterocycles. The lowest BCUT2D eigenvalue weighted by Gasteiger charge is -2.46. The third-order valence-corrected chi connectivity index (χ3v) is 6.18. The number of nitrogens with zero attached hydrogens (tertiary/aromatic N) is 1. The molecule has 2 saturated carbocycles. The second kappa shape index (κ2) is 6.97. The van der Waals surface area contributed by atoms with Gasteiger partial charge < -0.3 is 10.4 Å². The Morgan fingerprint density at radius 3 is 2.52 bits per heavy atom. The van der Waals surface area contributed by atoms with Crippen LogP contribution in [-0.2, 0) is 0 Å². The van der Waals surface area contributed by atoms with Crippen LogP contribution in [0.1, 0.15) is 64.7 Å². The Kier molecular flexibility index (Phi) is 5.23. The van der Waals surface area contributed by atoms with Crippen LogP contribution in [0.5, 0.6) is 0 Å². The van der Waals surface area contributed by atoms with Gasteiger partial charge >= 0.3 is 0 Å². The fourth-order valence-electron chi connectivity index (χ4n) is 4.32. The fraction of sp³-hybridized carbons (Fsp3) is 1.00. The Hall–Kier alpha value is -0.120. The summed E-state index contributed by atoms with van der Waals surface area (Å²) in [6.07, 6.45) is 12.1. The summed E-state index contributed by atoms with van der Waals surface area (Å²) in [7, 11) is 0. The van der Waals surface area contributed by atoms with Crippen LogP contribution in [0.15, 0.2) is 0 Å². The molecule has 0 aromatic carbocycles. The SMILES string of the molecule is CC1CCC(CNC2CC2)(CN2CCCCC2CO)CC1. The van der Waals surface area contributed by atoms with Gasteiger partial charge in [0.1, 0.15) is 0 Å². The van der Waals surface area contributed by atoms with Crippen LogP contribution in [0, 0.1) is 11.3 Å². The topological polar surface area (TPSA) is 35.5 Å². The fourth-order valence-corrected chi connectivity index (χ4v) is 4.32. The molecule has 0 radical (unpaired) electrons. The van der Waals surface area contributed by atoms with Gasteiger partial charge in [0.15, 0.2) is 0 Å². The predicted molar refractivity (Wildman–Crippen MR) is 87.4 cm³/mol. The summed E-state index contributed by atoms with van der Waals surface area (Å²) in [5.41, 5.74) is 0.472. The molecule has 0 spiro atoms. The highest BCUT2D eigenvalue weighted by Crippen LogP contribution is 2.40. The second-order valence-electron chi connectivity index (χ2n) is 8.14. The van der Waals surface area contributed by atoms with E-state index in [0.717, 1.165) is 12.0 Å². The van der Waals surface area contributed by atoms with Gasteiger partial charge in [0.25, 0.3) is 0 Å². The van der Waals surface area contributed by atoms with Gasteiger partial charge in [0.05, 0.1) is 6.61 Å². The van der Waals surface area contributed by atoms with Crippen molar-refractivity contribution in [2.45, 2.75) is 76.8 Å². The number of hydrogen-bond acceptors (Lipinski definition) is 3. The lowest BCUT2D eigenvalue weighted by atomic mass is 9.70. The van der Waals surface area contributed by atoms with Crippen LogP contribution >= 0.6 is 0 Å². The molecule has 1 aliphatic heterocycles. The first kappa shape index (κ1) is 15.8. The summed E-state index contributed by atoms with van der Waals surface area (Å²) in [6, 6.07) is 1.24. The summed E-state index contributed by atoms with van der Waals surface area (Å²) in [6.45, 7) is 6.38. The molecular weight excluding hydrogens is 260 g/mol. The number of hydrogen-bond donors (Lipinski definition) is 2. The Morgan fingerprint density at radius 1 is 1.10 bits per heavy atom. The van der Waals surface area contributed by atoms with Crippen molar-refractivity contribution in [3.05, 3.63) is 0 Å². The number of nitrogens with one attached hydrogen (secondary N) is 1. The quantitative estimate of drug-likeness (QED) is 0.791. The summed E-state index contributed by atoms with van der Waals surface area (Å²) in [4.78, 5) is 2.62. The van der Waals surface area contributed by atoms with E-state index in [1.54, 1.807) is 0 Å². The molecule has 3 aliphatic rings. The second-order valence-corrected chi connectivity index (χ2v) is 8.14. The van der Waals surface area contributed by atoms with Crippen molar-refractivity contribution in [3.63, 3.8) is 0 Å². The first-order valence-electron chi connectivity index (χ1n) is 9.29. The highest BCUT2D eigenvalue weighted by molar-refractivity contribution is 4.94. The molecule has 3 heteroatoms. The van der Waals surface area contributed by atoms with Gasteiger partial charge in [0.2, 0.25) is 0 Å². The molecule has 3 rings (SSSR count). The minimum Gasteiger partial charge on any atom is -0.395 e. The minimum absolute atomic E-state index is 0.350. The molecule has 122 valence electrons. The molecule has 3 nitrogen and oxygen atoms in total. The summed E-state index contributed by atoms with van der Waals surface area (Å²) >= 11 is 0. The lowest BCUT2D eigenvalue weighted by Crippen LogP contribution is -2.51. The van der Waals surface area contributed by atoms with E-state index < -0.39 is 0 Å². The van der Waals surface area contributed by atoms with Crippen molar-refractivity contribution in [1.29, 1.82) is 0 Å². The van der Waals surface area contributed by atoms with Crippen molar-refractivity contribution in [3.8, 4) is 0 Å². The Balaban J connectivity index is 1.62. The van der Waals surface area contributed by atoms with Crippen LogP contribution in [-0.4, -0.2) is 48.3 Å². The van der Waals surface area contributed by atoms with Crippen molar-refractivity contribution < 1.29 is 5.11 Å². The molecule has 0 aromatic heterocycles. The predicted octanol–water partition coefficient (Wildman–Crippen LogP) is 2.78. The maximum atomic E-state index is 9.69. The third kappa shape index (κ3) is 4.20. The maximum Gasteiger partial charge on any atom is 0.0586 e. The van der Waals surface area contributed by atoms with Crippen LogP contribution in [0.4, 0.5) is 0 Å². The zero-order valence-corrected chi connectivity index (χ0v) is 13.8. The smallest absolute Gasteiger partial charge is 0.0586 e. The van der Waals surface area contributed by atoms with E-state index >= 15 is 0 Å². The highest BCUT2D eigenvalue weighted by atomic mass is 16.3. The van der Waals surface area contributed by atoms with Crippen molar-refractivity contribution >= 4 is 0 Å².